The highest BCUT2D eigenvalue weighted by atomic mass is 16.3. The number of anilines is 2. The van der Waals surface area contributed by atoms with E-state index in [9.17, 15) is 0 Å². The average Bonchev–Trinajstić information content (AvgIpc) is 2.17. The molecule has 0 aliphatic rings. The van der Waals surface area contributed by atoms with Crippen LogP contribution in [0.15, 0.2) is 18.5 Å². The fourth-order valence-corrected chi connectivity index (χ4v) is 1.46. The predicted molar refractivity (Wildman–Crippen MR) is 62.6 cm³/mol. The Morgan fingerprint density at radius 3 is 2.73 bits per heavy atom. The minimum atomic E-state index is 0.186. The molecule has 0 spiro atoms. The Bertz CT molecular complexity index is 302. The van der Waals surface area contributed by atoms with Gasteiger partial charge in [-0.05, 0) is 18.4 Å². The molecule has 0 aliphatic carbocycles. The van der Waals surface area contributed by atoms with Crippen molar-refractivity contribution in [3.8, 4) is 0 Å². The van der Waals surface area contributed by atoms with E-state index in [2.05, 4.69) is 24.1 Å². The van der Waals surface area contributed by atoms with Gasteiger partial charge in [0.2, 0.25) is 0 Å². The van der Waals surface area contributed by atoms with E-state index in [-0.39, 0.29) is 12.6 Å². The van der Waals surface area contributed by atoms with Crippen LogP contribution in [0.2, 0.25) is 0 Å². The van der Waals surface area contributed by atoms with E-state index in [0.29, 0.717) is 11.6 Å². The van der Waals surface area contributed by atoms with E-state index in [1.165, 1.54) is 0 Å². The van der Waals surface area contributed by atoms with Crippen LogP contribution in [0, 0.1) is 5.92 Å². The second-order valence-electron chi connectivity index (χ2n) is 4.01. The van der Waals surface area contributed by atoms with Gasteiger partial charge in [-0.3, -0.25) is 4.98 Å². The van der Waals surface area contributed by atoms with Crippen LogP contribution in [-0.2, 0) is 0 Å². The third kappa shape index (κ3) is 3.75. The van der Waals surface area contributed by atoms with Crippen molar-refractivity contribution in [2.45, 2.75) is 26.3 Å². The fourth-order valence-electron chi connectivity index (χ4n) is 1.46. The molecule has 84 valence electrons. The van der Waals surface area contributed by atoms with Crippen LogP contribution in [0.5, 0.6) is 0 Å². The molecule has 1 rings (SSSR count). The third-order valence-electron chi connectivity index (χ3n) is 2.36. The number of pyridine rings is 1. The molecule has 4 N–H and O–H groups in total. The van der Waals surface area contributed by atoms with E-state index < -0.39 is 0 Å². The smallest absolute Gasteiger partial charge is 0.0549 e. The number of rotatable bonds is 5. The Morgan fingerprint density at radius 1 is 1.47 bits per heavy atom. The number of aliphatic hydroxyl groups is 1. The van der Waals surface area contributed by atoms with Gasteiger partial charge in [0.25, 0.3) is 0 Å². The topological polar surface area (TPSA) is 71.2 Å². The first-order chi connectivity index (χ1) is 7.13. The lowest BCUT2D eigenvalue weighted by molar-refractivity contribution is 0.267. The van der Waals surface area contributed by atoms with Crippen molar-refractivity contribution < 1.29 is 5.11 Å². The molecule has 1 heterocycles. The van der Waals surface area contributed by atoms with Crippen molar-refractivity contribution in [1.82, 2.24) is 4.98 Å². The Kier molecular flexibility index (Phi) is 4.37. The number of nitrogens with one attached hydrogen (secondary N) is 1. The summed E-state index contributed by atoms with van der Waals surface area (Å²) in [6, 6.07) is 2.10. The van der Waals surface area contributed by atoms with Gasteiger partial charge in [0.1, 0.15) is 0 Å². The number of hydrogen-bond acceptors (Lipinski definition) is 4. The molecule has 4 heteroatoms. The Labute approximate surface area is 90.5 Å². The van der Waals surface area contributed by atoms with Crippen LogP contribution in [-0.4, -0.2) is 22.7 Å². The largest absolute Gasteiger partial charge is 0.397 e. The number of aromatic nitrogens is 1. The molecule has 0 aliphatic heterocycles. The van der Waals surface area contributed by atoms with Gasteiger partial charge in [0.15, 0.2) is 0 Å². The van der Waals surface area contributed by atoms with Gasteiger partial charge in [0, 0.05) is 18.8 Å². The van der Waals surface area contributed by atoms with Gasteiger partial charge in [-0.2, -0.15) is 0 Å². The Morgan fingerprint density at radius 2 is 2.20 bits per heavy atom. The van der Waals surface area contributed by atoms with Crippen molar-refractivity contribution in [2.75, 3.05) is 17.7 Å². The van der Waals surface area contributed by atoms with E-state index in [1.54, 1.807) is 12.4 Å². The molecule has 0 saturated carbocycles. The van der Waals surface area contributed by atoms with Gasteiger partial charge in [-0.1, -0.05) is 13.8 Å². The van der Waals surface area contributed by atoms with E-state index in [0.717, 1.165) is 12.1 Å². The van der Waals surface area contributed by atoms with Gasteiger partial charge in [-0.15, -0.1) is 0 Å². The monoisotopic (exact) mass is 209 g/mol. The molecule has 0 saturated heterocycles. The molecule has 0 amide bonds. The molecule has 15 heavy (non-hydrogen) atoms. The summed E-state index contributed by atoms with van der Waals surface area (Å²) in [5.41, 5.74) is 7.18. The first-order valence-electron chi connectivity index (χ1n) is 5.21. The number of nitrogen functional groups attached to an aromatic ring is 1. The molecule has 1 aromatic rings. The highest BCUT2D eigenvalue weighted by Gasteiger charge is 2.12. The molecule has 1 unspecified atom stereocenters. The van der Waals surface area contributed by atoms with Gasteiger partial charge in [-0.25, -0.2) is 0 Å². The summed E-state index contributed by atoms with van der Waals surface area (Å²) in [5.74, 6) is 0.457. The van der Waals surface area contributed by atoms with Gasteiger partial charge >= 0.3 is 0 Å². The lowest BCUT2D eigenvalue weighted by Crippen LogP contribution is -2.26. The normalized spacial score (nSPS) is 12.8. The zero-order chi connectivity index (χ0) is 11.3. The quantitative estimate of drug-likeness (QED) is 0.687. The second kappa shape index (κ2) is 5.56. The number of hydrogen-bond donors (Lipinski definition) is 3. The summed E-state index contributed by atoms with van der Waals surface area (Å²) in [4.78, 5) is 4.01. The summed E-state index contributed by atoms with van der Waals surface area (Å²) >= 11 is 0. The standard InChI is InChI=1S/C11H19N3O/c1-8(2)11(3-4-15)14-10-5-9(12)6-13-7-10/h5-8,11,14-15H,3-4,12H2,1-2H3. The fraction of sp³-hybridized carbons (Fsp3) is 0.545. The zero-order valence-corrected chi connectivity index (χ0v) is 9.27. The van der Waals surface area contributed by atoms with Crippen molar-refractivity contribution in [3.63, 3.8) is 0 Å². The lowest BCUT2D eigenvalue weighted by atomic mass is 10.0. The third-order valence-corrected chi connectivity index (χ3v) is 2.36. The molecular weight excluding hydrogens is 190 g/mol. The molecule has 1 aromatic heterocycles. The first kappa shape index (κ1) is 11.8. The van der Waals surface area contributed by atoms with Crippen molar-refractivity contribution in [3.05, 3.63) is 18.5 Å². The molecule has 1 atom stereocenters. The van der Waals surface area contributed by atoms with E-state index in [4.69, 9.17) is 10.8 Å². The minimum absolute atomic E-state index is 0.186. The van der Waals surface area contributed by atoms with E-state index in [1.807, 2.05) is 6.07 Å². The summed E-state index contributed by atoms with van der Waals surface area (Å²) in [7, 11) is 0. The maximum atomic E-state index is 8.94. The highest BCUT2D eigenvalue weighted by Crippen LogP contribution is 2.16. The molecule has 0 fully saturated rings. The number of nitrogens with zero attached hydrogens (tertiary/aromatic N) is 1. The maximum absolute atomic E-state index is 8.94. The van der Waals surface area contributed by atoms with Crippen LogP contribution >= 0.6 is 0 Å². The Hall–Kier alpha value is -1.29. The van der Waals surface area contributed by atoms with Crippen molar-refractivity contribution in [2.24, 2.45) is 5.92 Å². The Balaban J connectivity index is 2.65. The van der Waals surface area contributed by atoms with Crippen LogP contribution in [0.4, 0.5) is 11.4 Å². The summed E-state index contributed by atoms with van der Waals surface area (Å²) in [6.07, 6.45) is 4.08. The first-order valence-corrected chi connectivity index (χ1v) is 5.21. The molecule has 0 aromatic carbocycles. The zero-order valence-electron chi connectivity index (χ0n) is 9.27. The van der Waals surface area contributed by atoms with Gasteiger partial charge < -0.3 is 16.2 Å². The minimum Gasteiger partial charge on any atom is -0.397 e. The molecular formula is C11H19N3O. The van der Waals surface area contributed by atoms with Gasteiger partial charge in [0.05, 0.1) is 17.6 Å². The summed E-state index contributed by atoms with van der Waals surface area (Å²) in [5, 5.41) is 12.3. The second-order valence-corrected chi connectivity index (χ2v) is 4.01. The van der Waals surface area contributed by atoms with Crippen molar-refractivity contribution >= 4 is 11.4 Å². The molecule has 4 nitrogen and oxygen atoms in total. The number of aliphatic hydroxyl groups excluding tert-OH is 1. The van der Waals surface area contributed by atoms with Crippen LogP contribution in [0.3, 0.4) is 0 Å². The maximum Gasteiger partial charge on any atom is 0.0549 e. The van der Waals surface area contributed by atoms with E-state index >= 15 is 0 Å². The van der Waals surface area contributed by atoms with Crippen LogP contribution in [0.25, 0.3) is 0 Å². The predicted octanol–water partition coefficient (Wildman–Crippen LogP) is 1.48. The van der Waals surface area contributed by atoms with Crippen LogP contribution in [0.1, 0.15) is 20.3 Å². The summed E-state index contributed by atoms with van der Waals surface area (Å²) in [6.45, 7) is 4.42. The molecule has 0 bridgehead atoms. The molecule has 0 radical (unpaired) electrons. The average molecular weight is 209 g/mol. The SMILES string of the molecule is CC(C)C(CCO)Nc1cncc(N)c1. The van der Waals surface area contributed by atoms with Crippen molar-refractivity contribution in [1.29, 1.82) is 0 Å². The van der Waals surface area contributed by atoms with Crippen LogP contribution < -0.4 is 11.1 Å². The number of nitrogens with two attached hydrogens (primary N) is 1. The highest BCUT2D eigenvalue weighted by molar-refractivity contribution is 5.51. The summed E-state index contributed by atoms with van der Waals surface area (Å²) < 4.78 is 0. The lowest BCUT2D eigenvalue weighted by Gasteiger charge is -2.22.